The lowest BCUT2D eigenvalue weighted by Gasteiger charge is -2.10. The van der Waals surface area contributed by atoms with E-state index in [1.54, 1.807) is 18.2 Å². The first-order valence-electron chi connectivity index (χ1n) is 7.04. The molecule has 2 aromatic rings. The number of hydrogen-bond donors (Lipinski definition) is 1. The zero-order valence-electron chi connectivity index (χ0n) is 13.2. The summed E-state index contributed by atoms with van der Waals surface area (Å²) in [5.74, 6) is -1.32. The lowest BCUT2D eigenvalue weighted by Crippen LogP contribution is -2.15. The van der Waals surface area contributed by atoms with Crippen molar-refractivity contribution >= 4 is 29.2 Å². The predicted octanol–water partition coefficient (Wildman–Crippen LogP) is 3.65. The Morgan fingerprint density at radius 1 is 1.00 bits per heavy atom. The molecule has 124 valence electrons. The molecule has 1 N–H and O–H groups in total. The molecule has 0 aliphatic carbocycles. The monoisotopic (exact) mass is 345 g/mol. The van der Waals surface area contributed by atoms with Gasteiger partial charge in [-0.15, -0.1) is 0 Å². The minimum atomic E-state index is -0.667. The molecule has 0 amide bonds. The van der Waals surface area contributed by atoms with Crippen LogP contribution in [0.15, 0.2) is 60.3 Å². The Bertz CT molecular complexity index is 769. The van der Waals surface area contributed by atoms with Crippen molar-refractivity contribution in [2.24, 2.45) is 0 Å². The van der Waals surface area contributed by atoms with Crippen molar-refractivity contribution in [3.63, 3.8) is 0 Å². The van der Waals surface area contributed by atoms with E-state index in [9.17, 15) is 9.59 Å². The highest BCUT2D eigenvalue weighted by molar-refractivity contribution is 6.30. The van der Waals surface area contributed by atoms with Gasteiger partial charge in [0, 0.05) is 10.7 Å². The Labute approximate surface area is 144 Å². The van der Waals surface area contributed by atoms with Crippen LogP contribution in [0.2, 0.25) is 5.02 Å². The first kappa shape index (κ1) is 17.6. The second-order valence-electron chi connectivity index (χ2n) is 4.79. The van der Waals surface area contributed by atoms with Gasteiger partial charge < -0.3 is 14.8 Å². The molecule has 0 atom stereocenters. The topological polar surface area (TPSA) is 64.6 Å². The lowest BCUT2D eigenvalue weighted by atomic mass is 10.1. The summed E-state index contributed by atoms with van der Waals surface area (Å²) >= 11 is 5.99. The van der Waals surface area contributed by atoms with Crippen molar-refractivity contribution < 1.29 is 19.1 Å². The maximum atomic E-state index is 11.7. The van der Waals surface area contributed by atoms with E-state index in [1.165, 1.54) is 14.2 Å². The lowest BCUT2D eigenvalue weighted by molar-refractivity contribution is -0.138. The summed E-state index contributed by atoms with van der Waals surface area (Å²) in [7, 11) is 2.46. The van der Waals surface area contributed by atoms with E-state index in [2.05, 4.69) is 14.8 Å². The predicted molar refractivity (Wildman–Crippen MR) is 92.6 cm³/mol. The Kier molecular flexibility index (Phi) is 5.98. The zero-order valence-corrected chi connectivity index (χ0v) is 14.0. The van der Waals surface area contributed by atoms with Gasteiger partial charge in [-0.25, -0.2) is 9.59 Å². The SMILES string of the molecule is COC(=O)/C=C(/Nc1ccc(-c2cccc(Cl)c2)cc1)C(=O)OC. The number of carbonyl (C=O) groups excluding carboxylic acids is 2. The third-order valence-corrected chi connectivity index (χ3v) is 3.43. The molecule has 0 aromatic heterocycles. The third-order valence-electron chi connectivity index (χ3n) is 3.19. The molecule has 0 saturated heterocycles. The fourth-order valence-corrected chi connectivity index (χ4v) is 2.19. The summed E-state index contributed by atoms with van der Waals surface area (Å²) in [6.07, 6.45) is 1.04. The molecule has 0 bridgehead atoms. The van der Waals surface area contributed by atoms with E-state index in [-0.39, 0.29) is 5.70 Å². The number of anilines is 1. The summed E-state index contributed by atoms with van der Waals surface area (Å²) in [6.45, 7) is 0. The van der Waals surface area contributed by atoms with Crippen LogP contribution in [0, 0.1) is 0 Å². The van der Waals surface area contributed by atoms with Gasteiger partial charge in [-0.1, -0.05) is 35.9 Å². The smallest absolute Gasteiger partial charge is 0.354 e. The number of benzene rings is 2. The maximum Gasteiger partial charge on any atom is 0.354 e. The van der Waals surface area contributed by atoms with Gasteiger partial charge >= 0.3 is 11.9 Å². The number of rotatable bonds is 5. The van der Waals surface area contributed by atoms with E-state index in [0.29, 0.717) is 10.7 Å². The van der Waals surface area contributed by atoms with Crippen LogP contribution in [0.25, 0.3) is 11.1 Å². The summed E-state index contributed by atoms with van der Waals surface area (Å²) in [4.78, 5) is 23.1. The maximum absolute atomic E-state index is 11.7. The molecule has 0 heterocycles. The summed E-state index contributed by atoms with van der Waals surface area (Å²) in [5, 5.41) is 3.50. The van der Waals surface area contributed by atoms with E-state index in [4.69, 9.17) is 11.6 Å². The van der Waals surface area contributed by atoms with Crippen LogP contribution >= 0.6 is 11.6 Å². The molecular formula is C18H16ClNO4. The highest BCUT2D eigenvalue weighted by Gasteiger charge is 2.12. The van der Waals surface area contributed by atoms with Gasteiger partial charge in [0.05, 0.1) is 20.3 Å². The first-order chi connectivity index (χ1) is 11.5. The molecular weight excluding hydrogens is 330 g/mol. The normalized spacial score (nSPS) is 10.9. The molecule has 0 spiro atoms. The van der Waals surface area contributed by atoms with Crippen molar-refractivity contribution in [2.75, 3.05) is 19.5 Å². The van der Waals surface area contributed by atoms with Crippen molar-refractivity contribution in [1.82, 2.24) is 0 Å². The number of ether oxygens (including phenoxy) is 2. The van der Waals surface area contributed by atoms with Crippen molar-refractivity contribution in [2.45, 2.75) is 0 Å². The van der Waals surface area contributed by atoms with Gasteiger partial charge in [0.1, 0.15) is 5.70 Å². The second-order valence-corrected chi connectivity index (χ2v) is 5.22. The van der Waals surface area contributed by atoms with Gasteiger partial charge in [-0.2, -0.15) is 0 Å². The molecule has 0 saturated carbocycles. The molecule has 2 rings (SSSR count). The van der Waals surface area contributed by atoms with E-state index in [0.717, 1.165) is 17.2 Å². The minimum Gasteiger partial charge on any atom is -0.466 e. The second kappa shape index (κ2) is 8.17. The average Bonchev–Trinajstić information content (AvgIpc) is 2.61. The molecule has 0 aliphatic heterocycles. The van der Waals surface area contributed by atoms with E-state index >= 15 is 0 Å². The minimum absolute atomic E-state index is 0.0140. The Hall–Kier alpha value is -2.79. The van der Waals surface area contributed by atoms with Crippen LogP contribution < -0.4 is 5.32 Å². The highest BCUT2D eigenvalue weighted by atomic mass is 35.5. The van der Waals surface area contributed by atoms with Crippen LogP contribution in [0.3, 0.4) is 0 Å². The van der Waals surface area contributed by atoms with E-state index < -0.39 is 11.9 Å². The zero-order chi connectivity index (χ0) is 17.5. The number of halogens is 1. The number of esters is 2. The summed E-state index contributed by atoms with van der Waals surface area (Å²) in [6, 6.07) is 14.8. The molecule has 24 heavy (non-hydrogen) atoms. The standard InChI is InChI=1S/C18H16ClNO4/c1-23-17(21)11-16(18(22)24-2)20-15-8-6-12(7-9-15)13-4-3-5-14(19)10-13/h3-11,20H,1-2H3/b16-11+. The van der Waals surface area contributed by atoms with Crippen molar-refractivity contribution in [1.29, 1.82) is 0 Å². The fourth-order valence-electron chi connectivity index (χ4n) is 2.00. The quantitative estimate of drug-likeness (QED) is 0.662. The fraction of sp³-hybridized carbons (Fsp3) is 0.111. The number of nitrogens with one attached hydrogen (secondary N) is 1. The van der Waals surface area contributed by atoms with Gasteiger partial charge in [-0.3, -0.25) is 0 Å². The molecule has 2 aromatic carbocycles. The van der Waals surface area contributed by atoms with Crippen LogP contribution in [-0.2, 0) is 19.1 Å². The van der Waals surface area contributed by atoms with Gasteiger partial charge in [-0.05, 0) is 35.4 Å². The molecule has 5 nitrogen and oxygen atoms in total. The molecule has 0 radical (unpaired) electrons. The molecule has 0 unspecified atom stereocenters. The van der Waals surface area contributed by atoms with Gasteiger partial charge in [0.2, 0.25) is 0 Å². The molecule has 6 heteroatoms. The van der Waals surface area contributed by atoms with Crippen LogP contribution in [0.1, 0.15) is 0 Å². The summed E-state index contributed by atoms with van der Waals surface area (Å²) < 4.78 is 9.17. The molecule has 0 aliphatic rings. The average molecular weight is 346 g/mol. The Morgan fingerprint density at radius 3 is 2.29 bits per heavy atom. The summed E-state index contributed by atoms with van der Waals surface area (Å²) in [5.41, 5.74) is 2.56. The Morgan fingerprint density at radius 2 is 1.71 bits per heavy atom. The highest BCUT2D eigenvalue weighted by Crippen LogP contribution is 2.24. The van der Waals surface area contributed by atoms with Gasteiger partial charge in [0.15, 0.2) is 0 Å². The van der Waals surface area contributed by atoms with Crippen LogP contribution in [0.4, 0.5) is 5.69 Å². The van der Waals surface area contributed by atoms with Crippen LogP contribution in [-0.4, -0.2) is 26.2 Å². The van der Waals surface area contributed by atoms with Crippen LogP contribution in [0.5, 0.6) is 0 Å². The van der Waals surface area contributed by atoms with Crippen molar-refractivity contribution in [3.8, 4) is 11.1 Å². The first-order valence-corrected chi connectivity index (χ1v) is 7.42. The Balaban J connectivity index is 2.21. The number of carbonyl (C=O) groups is 2. The van der Waals surface area contributed by atoms with E-state index in [1.807, 2.05) is 30.3 Å². The largest absolute Gasteiger partial charge is 0.466 e. The number of methoxy groups -OCH3 is 2. The molecule has 0 fully saturated rings. The number of hydrogen-bond acceptors (Lipinski definition) is 5. The van der Waals surface area contributed by atoms with Crippen molar-refractivity contribution in [3.05, 3.63) is 65.3 Å². The third kappa shape index (κ3) is 4.60. The van der Waals surface area contributed by atoms with Gasteiger partial charge in [0.25, 0.3) is 0 Å².